The monoisotopic (exact) mass is 314 g/mol. The first-order chi connectivity index (χ1) is 9.43. The zero-order valence-electron chi connectivity index (χ0n) is 13.5. The molecule has 0 bridgehead atoms. The molecule has 0 radical (unpaired) electrons. The summed E-state index contributed by atoms with van der Waals surface area (Å²) in [4.78, 5) is 11.9. The van der Waals surface area contributed by atoms with E-state index in [0.717, 1.165) is 5.75 Å². The van der Waals surface area contributed by atoms with Crippen molar-refractivity contribution >= 4 is 18.3 Å². The van der Waals surface area contributed by atoms with Gasteiger partial charge >= 0.3 is 0 Å². The minimum atomic E-state index is -0.499. The lowest BCUT2D eigenvalue weighted by Gasteiger charge is -2.17. The fourth-order valence-corrected chi connectivity index (χ4v) is 1.70. The summed E-state index contributed by atoms with van der Waals surface area (Å²) < 4.78 is 5.70. The van der Waals surface area contributed by atoms with Crippen LogP contribution in [-0.2, 0) is 4.79 Å². The molecule has 0 aliphatic rings. The van der Waals surface area contributed by atoms with Gasteiger partial charge in [0.05, 0.1) is 0 Å². The van der Waals surface area contributed by atoms with Gasteiger partial charge in [-0.3, -0.25) is 4.79 Å². The molecule has 0 aliphatic carbocycles. The van der Waals surface area contributed by atoms with E-state index in [-0.39, 0.29) is 24.4 Å². The van der Waals surface area contributed by atoms with Crippen molar-refractivity contribution in [2.24, 2.45) is 0 Å². The van der Waals surface area contributed by atoms with E-state index in [0.29, 0.717) is 12.5 Å². The Labute approximate surface area is 134 Å². The number of hydrogen-bond donors (Lipinski definition) is 2. The van der Waals surface area contributed by atoms with Crippen LogP contribution in [0.4, 0.5) is 0 Å². The normalized spacial score (nSPS) is 13.2. The summed E-state index contributed by atoms with van der Waals surface area (Å²) in [5.41, 5.74) is 1.21. The Balaban J connectivity index is 0.00000400. The Bertz CT molecular complexity index is 438. The van der Waals surface area contributed by atoms with Crippen molar-refractivity contribution in [3.05, 3.63) is 29.8 Å². The standard InChI is InChI=1S/C16H26N2O2.ClH/c1-11(2)14-7-6-8-15(9-14)20-13(4)16(19)18-10-12(3)17-5;/h6-9,11-13,17H,10H2,1-5H3,(H,18,19);1H. The third-order valence-corrected chi connectivity index (χ3v) is 3.28. The minimum Gasteiger partial charge on any atom is -0.481 e. The topological polar surface area (TPSA) is 50.4 Å². The van der Waals surface area contributed by atoms with Crippen molar-refractivity contribution in [1.82, 2.24) is 10.6 Å². The molecular formula is C16H27ClN2O2. The minimum absolute atomic E-state index is 0. The summed E-state index contributed by atoms with van der Waals surface area (Å²) in [7, 11) is 1.87. The summed E-state index contributed by atoms with van der Waals surface area (Å²) in [6.45, 7) is 8.64. The van der Waals surface area contributed by atoms with E-state index in [1.165, 1.54) is 5.56 Å². The van der Waals surface area contributed by atoms with Crippen molar-refractivity contribution in [2.75, 3.05) is 13.6 Å². The number of halogens is 1. The van der Waals surface area contributed by atoms with Crippen LogP contribution in [0.5, 0.6) is 5.75 Å². The fourth-order valence-electron chi connectivity index (χ4n) is 1.70. The van der Waals surface area contributed by atoms with Crippen molar-refractivity contribution < 1.29 is 9.53 Å². The van der Waals surface area contributed by atoms with E-state index in [4.69, 9.17) is 4.74 Å². The van der Waals surface area contributed by atoms with Gasteiger partial charge in [0.15, 0.2) is 6.10 Å². The van der Waals surface area contributed by atoms with E-state index < -0.39 is 6.10 Å². The second-order valence-electron chi connectivity index (χ2n) is 5.42. The molecule has 0 spiro atoms. The summed E-state index contributed by atoms with van der Waals surface area (Å²) >= 11 is 0. The lowest BCUT2D eigenvalue weighted by molar-refractivity contribution is -0.127. The second kappa shape index (κ2) is 9.64. The molecule has 0 saturated heterocycles. The Morgan fingerprint density at radius 2 is 1.90 bits per heavy atom. The molecule has 5 heteroatoms. The molecule has 0 aromatic heterocycles. The van der Waals surface area contributed by atoms with E-state index in [2.05, 4.69) is 30.5 Å². The third kappa shape index (κ3) is 6.82. The highest BCUT2D eigenvalue weighted by molar-refractivity contribution is 5.85. The van der Waals surface area contributed by atoms with E-state index in [9.17, 15) is 4.79 Å². The molecule has 2 unspecified atom stereocenters. The van der Waals surface area contributed by atoms with Crippen molar-refractivity contribution in [1.29, 1.82) is 0 Å². The van der Waals surface area contributed by atoms with Gasteiger partial charge in [-0.2, -0.15) is 0 Å². The van der Waals surface area contributed by atoms with Gasteiger partial charge in [0.2, 0.25) is 0 Å². The number of benzene rings is 1. The van der Waals surface area contributed by atoms with Crippen LogP contribution >= 0.6 is 12.4 Å². The van der Waals surface area contributed by atoms with E-state index in [1.54, 1.807) is 6.92 Å². The smallest absolute Gasteiger partial charge is 0.260 e. The van der Waals surface area contributed by atoms with Gasteiger partial charge in [-0.25, -0.2) is 0 Å². The molecule has 1 rings (SSSR count). The van der Waals surface area contributed by atoms with Crippen LogP contribution < -0.4 is 15.4 Å². The summed E-state index contributed by atoms with van der Waals surface area (Å²) in [5, 5.41) is 5.94. The van der Waals surface area contributed by atoms with Crippen LogP contribution in [0, 0.1) is 0 Å². The number of ether oxygens (including phenoxy) is 1. The molecule has 0 heterocycles. The van der Waals surface area contributed by atoms with Crippen LogP contribution in [0.15, 0.2) is 24.3 Å². The third-order valence-electron chi connectivity index (χ3n) is 3.28. The van der Waals surface area contributed by atoms with Crippen molar-refractivity contribution in [3.8, 4) is 5.75 Å². The van der Waals surface area contributed by atoms with Crippen molar-refractivity contribution in [2.45, 2.75) is 45.8 Å². The molecule has 0 fully saturated rings. The molecule has 1 aromatic rings. The van der Waals surface area contributed by atoms with Crippen LogP contribution in [0.3, 0.4) is 0 Å². The molecule has 0 saturated carbocycles. The zero-order chi connectivity index (χ0) is 15.1. The van der Waals surface area contributed by atoms with Gasteiger partial charge in [-0.15, -0.1) is 12.4 Å². The maximum Gasteiger partial charge on any atom is 0.260 e. The van der Waals surface area contributed by atoms with Crippen molar-refractivity contribution in [3.63, 3.8) is 0 Å². The summed E-state index contributed by atoms with van der Waals surface area (Å²) in [5.74, 6) is 1.08. The van der Waals surface area contributed by atoms with Gasteiger partial charge in [-0.1, -0.05) is 26.0 Å². The Morgan fingerprint density at radius 3 is 2.48 bits per heavy atom. The first-order valence-corrected chi connectivity index (χ1v) is 7.15. The average molecular weight is 315 g/mol. The first-order valence-electron chi connectivity index (χ1n) is 7.15. The van der Waals surface area contributed by atoms with Gasteiger partial charge in [-0.05, 0) is 44.5 Å². The number of amides is 1. The lowest BCUT2D eigenvalue weighted by atomic mass is 10.0. The van der Waals surface area contributed by atoms with E-state index in [1.807, 2.05) is 32.2 Å². The largest absolute Gasteiger partial charge is 0.481 e. The Kier molecular flexibility index (Phi) is 9.06. The number of hydrogen-bond acceptors (Lipinski definition) is 3. The highest BCUT2D eigenvalue weighted by Crippen LogP contribution is 2.20. The molecule has 1 amide bonds. The number of likely N-dealkylation sites (N-methyl/N-ethyl adjacent to an activating group) is 1. The molecule has 4 nitrogen and oxygen atoms in total. The van der Waals surface area contributed by atoms with E-state index >= 15 is 0 Å². The van der Waals surface area contributed by atoms with Gasteiger partial charge in [0.1, 0.15) is 5.75 Å². The number of nitrogens with one attached hydrogen (secondary N) is 2. The number of carbonyl (C=O) groups is 1. The second-order valence-corrected chi connectivity index (χ2v) is 5.42. The molecule has 120 valence electrons. The Morgan fingerprint density at radius 1 is 1.24 bits per heavy atom. The molecule has 2 atom stereocenters. The summed E-state index contributed by atoms with van der Waals surface area (Å²) in [6, 6.07) is 8.14. The van der Waals surface area contributed by atoms with Gasteiger partial charge in [0.25, 0.3) is 5.91 Å². The molecule has 0 aliphatic heterocycles. The van der Waals surface area contributed by atoms with Gasteiger partial charge < -0.3 is 15.4 Å². The predicted octanol–water partition coefficient (Wildman–Crippen LogP) is 2.72. The lowest BCUT2D eigenvalue weighted by Crippen LogP contribution is -2.42. The SMILES string of the molecule is CNC(C)CNC(=O)C(C)Oc1cccc(C(C)C)c1.Cl. The Hall–Kier alpha value is -1.26. The average Bonchev–Trinajstić information content (AvgIpc) is 2.44. The predicted molar refractivity (Wildman–Crippen MR) is 89.4 cm³/mol. The molecule has 21 heavy (non-hydrogen) atoms. The first kappa shape index (κ1) is 19.7. The quantitative estimate of drug-likeness (QED) is 0.813. The number of rotatable bonds is 7. The maximum atomic E-state index is 11.9. The molecule has 2 N–H and O–H groups in total. The fraction of sp³-hybridized carbons (Fsp3) is 0.562. The van der Waals surface area contributed by atoms with Crippen LogP contribution in [-0.4, -0.2) is 31.6 Å². The maximum absolute atomic E-state index is 11.9. The zero-order valence-corrected chi connectivity index (χ0v) is 14.3. The highest BCUT2D eigenvalue weighted by atomic mass is 35.5. The number of carbonyl (C=O) groups excluding carboxylic acids is 1. The van der Waals surface area contributed by atoms with Crippen LogP contribution in [0.2, 0.25) is 0 Å². The van der Waals surface area contributed by atoms with Crippen LogP contribution in [0.1, 0.15) is 39.2 Å². The van der Waals surface area contributed by atoms with Gasteiger partial charge in [0, 0.05) is 12.6 Å². The highest BCUT2D eigenvalue weighted by Gasteiger charge is 2.15. The van der Waals surface area contributed by atoms with Crippen LogP contribution in [0.25, 0.3) is 0 Å². The molecular weight excluding hydrogens is 288 g/mol. The summed E-state index contributed by atoms with van der Waals surface area (Å²) in [6.07, 6.45) is -0.499. The molecule has 1 aromatic carbocycles.